The summed E-state index contributed by atoms with van der Waals surface area (Å²) in [5.41, 5.74) is 1.32. The van der Waals surface area contributed by atoms with Gasteiger partial charge in [0.2, 0.25) is 0 Å². The fourth-order valence-electron chi connectivity index (χ4n) is 1.55. The highest BCUT2D eigenvalue weighted by Crippen LogP contribution is 2.16. The van der Waals surface area contributed by atoms with E-state index in [0.29, 0.717) is 13.2 Å². The van der Waals surface area contributed by atoms with E-state index in [0.717, 1.165) is 6.54 Å². The van der Waals surface area contributed by atoms with E-state index in [1.807, 2.05) is 0 Å². The zero-order chi connectivity index (χ0) is 9.97. The van der Waals surface area contributed by atoms with E-state index in [1.54, 1.807) is 11.3 Å². The van der Waals surface area contributed by atoms with Gasteiger partial charge in [-0.15, -0.1) is 11.3 Å². The molecule has 1 aliphatic rings. The maximum absolute atomic E-state index is 9.50. The van der Waals surface area contributed by atoms with Gasteiger partial charge in [-0.25, -0.2) is 0 Å². The van der Waals surface area contributed by atoms with Gasteiger partial charge in [-0.3, -0.25) is 0 Å². The van der Waals surface area contributed by atoms with Crippen LogP contribution in [0.25, 0.3) is 0 Å². The van der Waals surface area contributed by atoms with Gasteiger partial charge in [0.15, 0.2) is 0 Å². The van der Waals surface area contributed by atoms with E-state index in [9.17, 15) is 5.11 Å². The van der Waals surface area contributed by atoms with E-state index >= 15 is 0 Å². The molecule has 1 saturated heterocycles. The molecular formula is C10H15NO2S. The first-order chi connectivity index (χ1) is 6.77. The van der Waals surface area contributed by atoms with Gasteiger partial charge in [0, 0.05) is 11.4 Å². The Morgan fingerprint density at radius 1 is 1.64 bits per heavy atom. The summed E-state index contributed by atoms with van der Waals surface area (Å²) in [4.78, 5) is 1.34. The molecule has 14 heavy (non-hydrogen) atoms. The van der Waals surface area contributed by atoms with E-state index < -0.39 is 0 Å². The molecule has 0 saturated carbocycles. The van der Waals surface area contributed by atoms with E-state index in [1.165, 1.54) is 10.4 Å². The van der Waals surface area contributed by atoms with Crippen LogP contribution in [-0.2, 0) is 11.3 Å². The molecule has 1 aliphatic heterocycles. The molecule has 4 heteroatoms. The van der Waals surface area contributed by atoms with Gasteiger partial charge in [-0.2, -0.15) is 0 Å². The third-order valence-corrected chi connectivity index (χ3v) is 3.57. The average molecular weight is 213 g/mol. The van der Waals surface area contributed by atoms with Crippen molar-refractivity contribution in [3.8, 4) is 0 Å². The highest BCUT2D eigenvalue weighted by Gasteiger charge is 2.25. The Balaban J connectivity index is 1.85. The summed E-state index contributed by atoms with van der Waals surface area (Å²) < 4.78 is 5.16. The summed E-state index contributed by atoms with van der Waals surface area (Å²) in [6.45, 7) is 4.01. The van der Waals surface area contributed by atoms with Crippen LogP contribution in [0.2, 0.25) is 0 Å². The Hall–Kier alpha value is -0.420. The van der Waals surface area contributed by atoms with Crippen LogP contribution in [0.1, 0.15) is 10.4 Å². The molecule has 2 unspecified atom stereocenters. The van der Waals surface area contributed by atoms with E-state index in [4.69, 9.17) is 4.74 Å². The predicted molar refractivity (Wildman–Crippen MR) is 56.5 cm³/mol. The third-order valence-electron chi connectivity index (χ3n) is 2.54. The highest BCUT2D eigenvalue weighted by molar-refractivity contribution is 7.10. The number of nitrogens with one attached hydrogen (secondary N) is 1. The summed E-state index contributed by atoms with van der Waals surface area (Å²) in [5.74, 6) is 0. The molecule has 1 aromatic heterocycles. The lowest BCUT2D eigenvalue weighted by atomic mass is 10.2. The van der Waals surface area contributed by atoms with Crippen LogP contribution in [-0.4, -0.2) is 30.5 Å². The normalized spacial score (nSPS) is 27.0. The average Bonchev–Trinajstić information content (AvgIpc) is 2.72. The van der Waals surface area contributed by atoms with Crippen molar-refractivity contribution in [2.75, 3.05) is 13.2 Å². The van der Waals surface area contributed by atoms with Gasteiger partial charge in [0.1, 0.15) is 0 Å². The number of aliphatic hydroxyl groups is 1. The summed E-state index contributed by atoms with van der Waals surface area (Å²) in [5, 5.41) is 14.9. The smallest absolute Gasteiger partial charge is 0.0948 e. The molecule has 2 rings (SSSR count). The van der Waals surface area contributed by atoms with Crippen molar-refractivity contribution in [2.45, 2.75) is 25.6 Å². The lowest BCUT2D eigenvalue weighted by Crippen LogP contribution is -2.38. The number of rotatable bonds is 3. The molecule has 78 valence electrons. The quantitative estimate of drug-likeness (QED) is 0.784. The summed E-state index contributed by atoms with van der Waals surface area (Å²) in [7, 11) is 0. The molecule has 0 amide bonds. The maximum Gasteiger partial charge on any atom is 0.0948 e. The molecule has 0 radical (unpaired) electrons. The van der Waals surface area contributed by atoms with Crippen molar-refractivity contribution in [1.82, 2.24) is 5.32 Å². The van der Waals surface area contributed by atoms with Gasteiger partial charge in [0.05, 0.1) is 25.4 Å². The number of thiophene rings is 1. The summed E-state index contributed by atoms with van der Waals surface area (Å²) in [6, 6.07) is 2.21. The Kier molecular flexibility index (Phi) is 3.18. The molecule has 2 N–H and O–H groups in total. The molecule has 0 spiro atoms. The zero-order valence-corrected chi connectivity index (χ0v) is 9.01. The molecule has 1 aromatic rings. The van der Waals surface area contributed by atoms with Crippen molar-refractivity contribution in [3.63, 3.8) is 0 Å². The van der Waals surface area contributed by atoms with Crippen LogP contribution < -0.4 is 5.32 Å². The van der Waals surface area contributed by atoms with Gasteiger partial charge in [0.25, 0.3) is 0 Å². The Bertz CT molecular complexity index is 300. The fourth-order valence-corrected chi connectivity index (χ4v) is 2.40. The molecule has 1 fully saturated rings. The van der Waals surface area contributed by atoms with Crippen LogP contribution >= 0.6 is 11.3 Å². The summed E-state index contributed by atoms with van der Waals surface area (Å²) in [6.07, 6.45) is -0.352. The van der Waals surface area contributed by atoms with Crippen LogP contribution in [0.4, 0.5) is 0 Å². The number of aliphatic hydroxyl groups excluding tert-OH is 1. The zero-order valence-electron chi connectivity index (χ0n) is 8.19. The van der Waals surface area contributed by atoms with Crippen molar-refractivity contribution < 1.29 is 9.84 Å². The number of hydrogen-bond acceptors (Lipinski definition) is 4. The monoisotopic (exact) mass is 213 g/mol. The van der Waals surface area contributed by atoms with Crippen molar-refractivity contribution >= 4 is 11.3 Å². The molecule has 3 nitrogen and oxygen atoms in total. The first-order valence-electron chi connectivity index (χ1n) is 4.79. The van der Waals surface area contributed by atoms with Crippen LogP contribution in [0, 0.1) is 6.92 Å². The van der Waals surface area contributed by atoms with Gasteiger partial charge >= 0.3 is 0 Å². The second-order valence-electron chi connectivity index (χ2n) is 3.62. The van der Waals surface area contributed by atoms with Gasteiger partial charge in [-0.05, 0) is 23.9 Å². The minimum atomic E-state index is -0.352. The molecular weight excluding hydrogens is 198 g/mol. The SMILES string of the molecule is Cc1ccsc1CNC1COCC1O. The van der Waals surface area contributed by atoms with E-state index in [2.05, 4.69) is 23.7 Å². The van der Waals surface area contributed by atoms with Crippen LogP contribution in [0.3, 0.4) is 0 Å². The highest BCUT2D eigenvalue weighted by atomic mass is 32.1. The summed E-state index contributed by atoms with van der Waals surface area (Å²) >= 11 is 1.75. The lowest BCUT2D eigenvalue weighted by molar-refractivity contribution is 0.122. The maximum atomic E-state index is 9.50. The standard InChI is InChI=1S/C10H15NO2S/c1-7-2-3-14-10(7)4-11-8-5-13-6-9(8)12/h2-3,8-9,11-12H,4-6H2,1H3. The minimum absolute atomic E-state index is 0.0940. The first-order valence-corrected chi connectivity index (χ1v) is 5.67. The van der Waals surface area contributed by atoms with Gasteiger partial charge < -0.3 is 15.2 Å². The van der Waals surface area contributed by atoms with Crippen molar-refractivity contribution in [1.29, 1.82) is 0 Å². The first kappa shape index (κ1) is 10.1. The number of aryl methyl sites for hydroxylation is 1. The van der Waals surface area contributed by atoms with Gasteiger partial charge in [-0.1, -0.05) is 0 Å². The lowest BCUT2D eigenvalue weighted by Gasteiger charge is -2.13. The van der Waals surface area contributed by atoms with Crippen LogP contribution in [0.15, 0.2) is 11.4 Å². The van der Waals surface area contributed by atoms with Crippen molar-refractivity contribution in [2.24, 2.45) is 0 Å². The molecule has 2 atom stereocenters. The Morgan fingerprint density at radius 2 is 2.50 bits per heavy atom. The minimum Gasteiger partial charge on any atom is -0.389 e. The Morgan fingerprint density at radius 3 is 3.07 bits per heavy atom. The Labute approximate surface area is 87.7 Å². The number of ether oxygens (including phenoxy) is 1. The largest absolute Gasteiger partial charge is 0.389 e. The molecule has 0 bridgehead atoms. The van der Waals surface area contributed by atoms with E-state index in [-0.39, 0.29) is 12.1 Å². The fraction of sp³-hybridized carbons (Fsp3) is 0.600. The predicted octanol–water partition coefficient (Wildman–Crippen LogP) is 0.906. The number of hydrogen-bond donors (Lipinski definition) is 2. The topological polar surface area (TPSA) is 41.5 Å². The molecule has 2 heterocycles. The van der Waals surface area contributed by atoms with Crippen LogP contribution in [0.5, 0.6) is 0 Å². The second-order valence-corrected chi connectivity index (χ2v) is 4.62. The molecule has 0 aromatic carbocycles. The molecule has 0 aliphatic carbocycles. The van der Waals surface area contributed by atoms with Crippen molar-refractivity contribution in [3.05, 3.63) is 21.9 Å². The second kappa shape index (κ2) is 4.40. The third kappa shape index (κ3) is 2.15.